The fourth-order valence-corrected chi connectivity index (χ4v) is 6.20. The molecule has 0 bridgehead atoms. The van der Waals surface area contributed by atoms with Crippen molar-refractivity contribution >= 4 is 27.0 Å². The van der Waals surface area contributed by atoms with E-state index in [0.717, 1.165) is 25.2 Å². The van der Waals surface area contributed by atoms with Crippen molar-refractivity contribution in [3.8, 4) is 0 Å². The molecule has 2 aromatic rings. The summed E-state index contributed by atoms with van der Waals surface area (Å²) in [5.41, 5.74) is 1.37. The van der Waals surface area contributed by atoms with Crippen LogP contribution in [-0.2, 0) is 14.8 Å². The van der Waals surface area contributed by atoms with Crippen LogP contribution in [0.3, 0.4) is 0 Å². The van der Waals surface area contributed by atoms with E-state index in [4.69, 9.17) is 0 Å². The molecular weight excluding hydrogens is 428 g/mol. The number of carbonyl (C=O) groups excluding carboxylic acids is 1. The number of hydrogen-bond donors (Lipinski definition) is 1. The number of carbonyl (C=O) groups is 1. The van der Waals surface area contributed by atoms with Crippen molar-refractivity contribution < 1.29 is 13.2 Å². The van der Waals surface area contributed by atoms with E-state index in [1.165, 1.54) is 23.6 Å². The first-order valence-electron chi connectivity index (χ1n) is 11.7. The van der Waals surface area contributed by atoms with Crippen molar-refractivity contribution in [3.05, 3.63) is 18.2 Å². The third-order valence-electron chi connectivity index (χ3n) is 6.50. The third kappa shape index (κ3) is 4.97. The van der Waals surface area contributed by atoms with E-state index in [9.17, 15) is 13.2 Å². The van der Waals surface area contributed by atoms with Gasteiger partial charge >= 0.3 is 0 Å². The fraction of sp³-hybridized carbons (Fsp3) is 0.682. The first-order valence-corrected chi connectivity index (χ1v) is 13.2. The maximum absolute atomic E-state index is 13.3. The molecular formula is C22H34N6O3S. The Morgan fingerprint density at radius 3 is 2.69 bits per heavy atom. The van der Waals surface area contributed by atoms with Gasteiger partial charge in [-0.3, -0.25) is 4.79 Å². The van der Waals surface area contributed by atoms with Gasteiger partial charge in [0.15, 0.2) is 0 Å². The standard InChI is InChI=1S/C22H34N6O3S/c1-17(2)28-21-9-8-19(15-20(21)24-25-28)32(30,31)27-13-6-7-18(16-27)22(29)23-10-14-26-11-4-3-5-12-26/h8-9,15,17-18H,3-7,10-14,16H2,1-2H3,(H,23,29). The van der Waals surface area contributed by atoms with Crippen molar-refractivity contribution in [2.45, 2.75) is 56.9 Å². The Hall–Kier alpha value is -2.04. The fourth-order valence-electron chi connectivity index (χ4n) is 4.65. The molecule has 0 radical (unpaired) electrons. The maximum Gasteiger partial charge on any atom is 0.243 e. The Bertz CT molecular complexity index is 1050. The molecule has 4 rings (SSSR count). The lowest BCUT2D eigenvalue weighted by Gasteiger charge is -2.31. The Labute approximate surface area is 190 Å². The Balaban J connectivity index is 1.39. The first-order chi connectivity index (χ1) is 15.4. The number of rotatable bonds is 7. The van der Waals surface area contributed by atoms with Crippen LogP contribution in [0.5, 0.6) is 0 Å². The lowest BCUT2D eigenvalue weighted by atomic mass is 9.99. The third-order valence-corrected chi connectivity index (χ3v) is 8.36. The summed E-state index contributed by atoms with van der Waals surface area (Å²) in [5.74, 6) is -0.359. The van der Waals surface area contributed by atoms with Crippen molar-refractivity contribution in [1.82, 2.24) is 29.5 Å². The van der Waals surface area contributed by atoms with E-state index < -0.39 is 10.0 Å². The normalized spacial score (nSPS) is 21.3. The number of sulfonamides is 1. The van der Waals surface area contributed by atoms with Crippen LogP contribution in [0, 0.1) is 5.92 Å². The molecule has 3 heterocycles. The summed E-state index contributed by atoms with van der Waals surface area (Å²) in [6.07, 6.45) is 5.13. The highest BCUT2D eigenvalue weighted by Gasteiger charge is 2.33. The number of nitrogens with one attached hydrogen (secondary N) is 1. The van der Waals surface area contributed by atoms with E-state index in [1.807, 2.05) is 13.8 Å². The summed E-state index contributed by atoms with van der Waals surface area (Å²) in [6.45, 7) is 8.32. The lowest BCUT2D eigenvalue weighted by Crippen LogP contribution is -2.46. The predicted molar refractivity (Wildman–Crippen MR) is 123 cm³/mol. The SMILES string of the molecule is CC(C)n1nnc2cc(S(=O)(=O)N3CCCC(C(=O)NCCN4CCCCC4)C3)ccc21. The van der Waals surface area contributed by atoms with Crippen LogP contribution in [0.4, 0.5) is 0 Å². The zero-order valence-corrected chi connectivity index (χ0v) is 19.9. The van der Waals surface area contributed by atoms with E-state index in [2.05, 4.69) is 20.5 Å². The highest BCUT2D eigenvalue weighted by atomic mass is 32.2. The van der Waals surface area contributed by atoms with Crippen LogP contribution in [0.1, 0.15) is 52.0 Å². The van der Waals surface area contributed by atoms with E-state index >= 15 is 0 Å². The monoisotopic (exact) mass is 462 g/mol. The van der Waals surface area contributed by atoms with Gasteiger partial charge in [0.05, 0.1) is 16.3 Å². The molecule has 9 nitrogen and oxygen atoms in total. The van der Waals surface area contributed by atoms with Crippen molar-refractivity contribution in [2.75, 3.05) is 39.3 Å². The number of amides is 1. The van der Waals surface area contributed by atoms with Gasteiger partial charge in [-0.15, -0.1) is 5.10 Å². The zero-order chi connectivity index (χ0) is 22.7. The molecule has 32 heavy (non-hydrogen) atoms. The molecule has 10 heteroatoms. The average molecular weight is 463 g/mol. The van der Waals surface area contributed by atoms with Crippen LogP contribution in [-0.4, -0.2) is 77.8 Å². The van der Waals surface area contributed by atoms with Gasteiger partial charge in [0.1, 0.15) is 5.52 Å². The van der Waals surface area contributed by atoms with E-state index in [-0.39, 0.29) is 29.3 Å². The quantitative estimate of drug-likeness (QED) is 0.676. The van der Waals surface area contributed by atoms with Crippen LogP contribution in [0.2, 0.25) is 0 Å². The van der Waals surface area contributed by atoms with Crippen LogP contribution >= 0.6 is 0 Å². The first kappa shape index (κ1) is 23.1. The molecule has 0 saturated carbocycles. The molecule has 1 N–H and O–H groups in total. The lowest BCUT2D eigenvalue weighted by molar-refractivity contribution is -0.126. The number of piperidine rings is 2. The molecule has 1 unspecified atom stereocenters. The van der Waals surface area contributed by atoms with Crippen LogP contribution < -0.4 is 5.32 Å². The Morgan fingerprint density at radius 2 is 1.94 bits per heavy atom. The maximum atomic E-state index is 13.3. The van der Waals surface area contributed by atoms with Crippen molar-refractivity contribution in [1.29, 1.82) is 0 Å². The van der Waals surface area contributed by atoms with Crippen molar-refractivity contribution in [2.24, 2.45) is 5.92 Å². The molecule has 0 spiro atoms. The topological polar surface area (TPSA) is 100 Å². The number of fused-ring (bicyclic) bond motifs is 1. The molecule has 1 aromatic carbocycles. The summed E-state index contributed by atoms with van der Waals surface area (Å²) in [6, 6.07) is 5.09. The number of aromatic nitrogens is 3. The molecule has 176 valence electrons. The van der Waals surface area contributed by atoms with Gasteiger partial charge in [0.25, 0.3) is 0 Å². The van der Waals surface area contributed by atoms with Gasteiger partial charge in [0.2, 0.25) is 15.9 Å². The molecule has 1 amide bonds. The van der Waals surface area contributed by atoms with Crippen LogP contribution in [0.15, 0.2) is 23.1 Å². The van der Waals surface area contributed by atoms with E-state index in [1.54, 1.807) is 22.9 Å². The smallest absolute Gasteiger partial charge is 0.243 e. The number of nitrogens with zero attached hydrogens (tertiary/aromatic N) is 5. The second-order valence-corrected chi connectivity index (χ2v) is 11.1. The Morgan fingerprint density at radius 1 is 1.16 bits per heavy atom. The zero-order valence-electron chi connectivity index (χ0n) is 19.0. The molecule has 0 aliphatic carbocycles. The van der Waals surface area contributed by atoms with Crippen molar-refractivity contribution in [3.63, 3.8) is 0 Å². The minimum absolute atomic E-state index is 0.0442. The molecule has 2 aliphatic heterocycles. The molecule has 1 aromatic heterocycles. The predicted octanol–water partition coefficient (Wildman–Crippen LogP) is 2.01. The number of benzene rings is 1. The average Bonchev–Trinajstić information content (AvgIpc) is 3.23. The largest absolute Gasteiger partial charge is 0.355 e. The highest BCUT2D eigenvalue weighted by molar-refractivity contribution is 7.89. The molecule has 2 aliphatic rings. The molecule has 2 fully saturated rings. The number of hydrogen-bond acceptors (Lipinski definition) is 6. The van der Waals surface area contributed by atoms with Gasteiger partial charge in [-0.25, -0.2) is 13.1 Å². The van der Waals surface area contributed by atoms with Gasteiger partial charge in [-0.1, -0.05) is 11.6 Å². The summed E-state index contributed by atoms with van der Waals surface area (Å²) in [5, 5.41) is 11.3. The van der Waals surface area contributed by atoms with Gasteiger partial charge in [-0.05, 0) is 70.8 Å². The van der Waals surface area contributed by atoms with E-state index in [0.29, 0.717) is 31.4 Å². The van der Waals surface area contributed by atoms with Gasteiger partial charge < -0.3 is 10.2 Å². The summed E-state index contributed by atoms with van der Waals surface area (Å²) in [4.78, 5) is 15.3. The Kier molecular flexibility index (Phi) is 7.11. The number of likely N-dealkylation sites (tertiary alicyclic amines) is 1. The molecule has 2 saturated heterocycles. The summed E-state index contributed by atoms with van der Waals surface area (Å²) < 4.78 is 29.8. The molecule has 1 atom stereocenters. The minimum Gasteiger partial charge on any atom is -0.355 e. The summed E-state index contributed by atoms with van der Waals surface area (Å²) >= 11 is 0. The van der Waals surface area contributed by atoms with Gasteiger partial charge in [-0.2, -0.15) is 4.31 Å². The summed E-state index contributed by atoms with van der Waals surface area (Å²) in [7, 11) is -3.70. The minimum atomic E-state index is -3.70. The highest BCUT2D eigenvalue weighted by Crippen LogP contribution is 2.26. The second-order valence-electron chi connectivity index (χ2n) is 9.17. The second kappa shape index (κ2) is 9.84. The van der Waals surface area contributed by atoms with Gasteiger partial charge in [0, 0.05) is 32.2 Å². The van der Waals surface area contributed by atoms with Crippen LogP contribution in [0.25, 0.3) is 11.0 Å².